The van der Waals surface area contributed by atoms with E-state index < -0.39 is 5.97 Å². The van der Waals surface area contributed by atoms with Gasteiger partial charge in [0, 0.05) is 34.3 Å². The van der Waals surface area contributed by atoms with Gasteiger partial charge in [0.1, 0.15) is 17.1 Å². The van der Waals surface area contributed by atoms with E-state index in [0.29, 0.717) is 29.2 Å². The molecule has 0 aliphatic carbocycles. The van der Waals surface area contributed by atoms with Gasteiger partial charge >= 0.3 is 5.97 Å². The second-order valence-corrected chi connectivity index (χ2v) is 8.04. The summed E-state index contributed by atoms with van der Waals surface area (Å²) in [4.78, 5) is 24.4. The molecule has 7 heteroatoms. The van der Waals surface area contributed by atoms with Crippen LogP contribution in [0.15, 0.2) is 77.4 Å². The second kappa shape index (κ2) is 10.8. The summed E-state index contributed by atoms with van der Waals surface area (Å²) in [5.74, 6) is 0.636. The number of carbonyl (C=O) groups excluding carboxylic acids is 2. The minimum absolute atomic E-state index is 0.305. The normalized spacial score (nSPS) is 11.3. The predicted octanol–water partition coefficient (Wildman–Crippen LogP) is 6.34. The van der Waals surface area contributed by atoms with E-state index in [4.69, 9.17) is 18.6 Å². The van der Waals surface area contributed by atoms with Crippen LogP contribution in [0.1, 0.15) is 29.8 Å². The number of hydrogen-bond acceptors (Lipinski definition) is 6. The molecule has 0 unspecified atom stereocenters. The highest BCUT2D eigenvalue weighted by molar-refractivity contribution is 6.05. The summed E-state index contributed by atoms with van der Waals surface area (Å²) in [7, 11) is 2.95. The Morgan fingerprint density at radius 2 is 1.81 bits per heavy atom. The van der Waals surface area contributed by atoms with Crippen LogP contribution in [0.25, 0.3) is 27.7 Å². The molecule has 1 amide bonds. The average molecular weight is 486 g/mol. The van der Waals surface area contributed by atoms with Crippen molar-refractivity contribution in [1.82, 2.24) is 0 Å². The fourth-order valence-electron chi connectivity index (χ4n) is 3.91. The lowest BCUT2D eigenvalue weighted by molar-refractivity contribution is -0.111. The monoisotopic (exact) mass is 485 g/mol. The van der Waals surface area contributed by atoms with Crippen molar-refractivity contribution in [2.24, 2.45) is 0 Å². The lowest BCUT2D eigenvalue weighted by atomic mass is 9.99. The van der Waals surface area contributed by atoms with Crippen molar-refractivity contribution in [3.05, 3.63) is 84.1 Å². The van der Waals surface area contributed by atoms with Gasteiger partial charge in [-0.05, 0) is 67.4 Å². The molecule has 1 N–H and O–H groups in total. The number of furan rings is 1. The zero-order valence-corrected chi connectivity index (χ0v) is 20.6. The van der Waals surface area contributed by atoms with E-state index in [1.807, 2.05) is 50.2 Å². The van der Waals surface area contributed by atoms with Crippen molar-refractivity contribution in [3.63, 3.8) is 0 Å². The highest BCUT2D eigenvalue weighted by Gasteiger charge is 2.16. The van der Waals surface area contributed by atoms with Gasteiger partial charge in [0.2, 0.25) is 5.91 Å². The summed E-state index contributed by atoms with van der Waals surface area (Å²) < 4.78 is 21.8. The Bertz CT molecular complexity index is 1430. The maximum Gasteiger partial charge on any atom is 0.337 e. The largest absolute Gasteiger partial charge is 0.497 e. The molecule has 0 aliphatic rings. The molecule has 0 aliphatic heterocycles. The minimum Gasteiger partial charge on any atom is -0.497 e. The van der Waals surface area contributed by atoms with Crippen LogP contribution in [-0.2, 0) is 9.53 Å². The van der Waals surface area contributed by atoms with Crippen molar-refractivity contribution < 1.29 is 28.2 Å². The number of hydrogen-bond donors (Lipinski definition) is 1. The lowest BCUT2D eigenvalue weighted by Gasteiger charge is -2.12. The molecule has 0 saturated heterocycles. The van der Waals surface area contributed by atoms with Crippen LogP contribution >= 0.6 is 0 Å². The van der Waals surface area contributed by atoms with Crippen molar-refractivity contribution >= 4 is 34.1 Å². The van der Waals surface area contributed by atoms with Crippen molar-refractivity contribution in [1.29, 1.82) is 0 Å². The van der Waals surface area contributed by atoms with E-state index in [1.165, 1.54) is 13.2 Å². The molecule has 4 rings (SSSR count). The third-order valence-corrected chi connectivity index (χ3v) is 5.70. The average Bonchev–Trinajstić information content (AvgIpc) is 3.31. The number of amides is 1. The van der Waals surface area contributed by atoms with Crippen molar-refractivity contribution in [2.45, 2.75) is 13.8 Å². The smallest absolute Gasteiger partial charge is 0.337 e. The van der Waals surface area contributed by atoms with Crippen LogP contribution in [0.2, 0.25) is 0 Å². The molecule has 1 heterocycles. The Labute approximate surface area is 209 Å². The van der Waals surface area contributed by atoms with Crippen LogP contribution in [0.5, 0.6) is 11.5 Å². The number of nitrogens with one attached hydrogen (secondary N) is 1. The van der Waals surface area contributed by atoms with Crippen LogP contribution in [0.3, 0.4) is 0 Å². The van der Waals surface area contributed by atoms with Crippen LogP contribution < -0.4 is 14.8 Å². The molecular weight excluding hydrogens is 458 g/mol. The first-order valence-corrected chi connectivity index (χ1v) is 11.4. The second-order valence-electron chi connectivity index (χ2n) is 8.04. The zero-order valence-electron chi connectivity index (χ0n) is 20.6. The SMILES string of the molecule is CCOc1cc2occ(-c3cccc(OC)c3)c2cc1/C(C)=C/C(=O)Nc1ccc(C(=O)OC)cc1. The number of benzene rings is 3. The molecule has 0 bridgehead atoms. The first-order chi connectivity index (χ1) is 17.4. The summed E-state index contributed by atoms with van der Waals surface area (Å²) in [5.41, 5.74) is 5.03. The topological polar surface area (TPSA) is 87.0 Å². The third-order valence-electron chi connectivity index (χ3n) is 5.70. The quantitative estimate of drug-likeness (QED) is 0.232. The van der Waals surface area contributed by atoms with Gasteiger partial charge in [-0.2, -0.15) is 0 Å². The summed E-state index contributed by atoms with van der Waals surface area (Å²) in [6, 6.07) is 18.1. The zero-order chi connectivity index (χ0) is 25.7. The van der Waals surface area contributed by atoms with Gasteiger partial charge in [-0.1, -0.05) is 12.1 Å². The maximum absolute atomic E-state index is 12.8. The number of esters is 1. The van der Waals surface area contributed by atoms with Gasteiger partial charge in [-0.15, -0.1) is 0 Å². The highest BCUT2D eigenvalue weighted by atomic mass is 16.5. The summed E-state index contributed by atoms with van der Waals surface area (Å²) in [5, 5.41) is 3.72. The molecule has 36 heavy (non-hydrogen) atoms. The number of ether oxygens (including phenoxy) is 3. The molecule has 0 radical (unpaired) electrons. The highest BCUT2D eigenvalue weighted by Crippen LogP contribution is 2.38. The Balaban J connectivity index is 1.66. The summed E-state index contributed by atoms with van der Waals surface area (Å²) in [6.07, 6.45) is 3.23. The van der Waals surface area contributed by atoms with Crippen molar-refractivity contribution in [3.8, 4) is 22.6 Å². The van der Waals surface area contributed by atoms with E-state index >= 15 is 0 Å². The van der Waals surface area contributed by atoms with E-state index in [-0.39, 0.29) is 5.91 Å². The van der Waals surface area contributed by atoms with E-state index in [0.717, 1.165) is 33.4 Å². The third kappa shape index (κ3) is 5.25. The molecule has 1 aromatic heterocycles. The number of carbonyl (C=O) groups is 2. The lowest BCUT2D eigenvalue weighted by Crippen LogP contribution is -2.09. The molecular formula is C29H27NO6. The first kappa shape index (κ1) is 24.6. The summed E-state index contributed by atoms with van der Waals surface area (Å²) >= 11 is 0. The van der Waals surface area contributed by atoms with Gasteiger partial charge < -0.3 is 23.9 Å². The number of fused-ring (bicyclic) bond motifs is 1. The fourth-order valence-corrected chi connectivity index (χ4v) is 3.91. The van der Waals surface area contributed by atoms with Gasteiger partial charge in [0.15, 0.2) is 0 Å². The van der Waals surface area contributed by atoms with Gasteiger partial charge in [-0.25, -0.2) is 4.79 Å². The predicted molar refractivity (Wildman–Crippen MR) is 139 cm³/mol. The van der Waals surface area contributed by atoms with Crippen LogP contribution in [-0.4, -0.2) is 32.7 Å². The standard InChI is InChI=1S/C29H27NO6/c1-5-35-26-16-27-24(25(17-36-27)20-7-6-8-22(14-20)33-3)15-23(26)18(2)13-28(31)30-21-11-9-19(10-12-21)29(32)34-4/h6-17H,5H2,1-4H3,(H,30,31)/b18-13+. The fraction of sp³-hybridized carbons (Fsp3) is 0.172. The molecule has 3 aromatic carbocycles. The minimum atomic E-state index is -0.435. The molecule has 0 saturated carbocycles. The molecule has 7 nitrogen and oxygen atoms in total. The van der Waals surface area contributed by atoms with Crippen LogP contribution in [0.4, 0.5) is 5.69 Å². The molecule has 184 valence electrons. The Morgan fingerprint density at radius 3 is 2.50 bits per heavy atom. The van der Waals surface area contributed by atoms with E-state index in [2.05, 4.69) is 5.32 Å². The molecule has 0 spiro atoms. The molecule has 0 atom stereocenters. The Kier molecular flexibility index (Phi) is 7.39. The van der Waals surface area contributed by atoms with Gasteiger partial charge in [0.05, 0.1) is 32.7 Å². The Morgan fingerprint density at radius 1 is 1.03 bits per heavy atom. The summed E-state index contributed by atoms with van der Waals surface area (Å²) in [6.45, 7) is 4.23. The van der Waals surface area contributed by atoms with E-state index in [9.17, 15) is 9.59 Å². The van der Waals surface area contributed by atoms with Gasteiger partial charge in [-0.3, -0.25) is 4.79 Å². The van der Waals surface area contributed by atoms with Crippen LogP contribution in [0, 0.1) is 0 Å². The number of anilines is 1. The van der Waals surface area contributed by atoms with E-state index in [1.54, 1.807) is 37.6 Å². The number of rotatable bonds is 8. The number of allylic oxidation sites excluding steroid dienone is 1. The molecule has 0 fully saturated rings. The maximum atomic E-state index is 12.8. The van der Waals surface area contributed by atoms with Crippen molar-refractivity contribution in [2.75, 3.05) is 26.1 Å². The number of methoxy groups -OCH3 is 2. The Hall–Kier alpha value is -4.52. The first-order valence-electron chi connectivity index (χ1n) is 11.4. The van der Waals surface area contributed by atoms with Gasteiger partial charge in [0.25, 0.3) is 0 Å². The molecule has 4 aromatic rings.